The van der Waals surface area contributed by atoms with Crippen molar-refractivity contribution < 1.29 is 13.9 Å². The smallest absolute Gasteiger partial charge is 0.226 e. The number of ether oxygens (including phenoxy) is 2. The second kappa shape index (κ2) is 8.87. The lowest BCUT2D eigenvalue weighted by atomic mass is 10.1. The molecule has 3 heterocycles. The second-order valence-electron chi connectivity index (χ2n) is 7.40. The van der Waals surface area contributed by atoms with Crippen LogP contribution in [-0.4, -0.2) is 67.3 Å². The maximum Gasteiger partial charge on any atom is 0.226 e. The Morgan fingerprint density at radius 3 is 2.70 bits per heavy atom. The first-order chi connectivity index (χ1) is 13.3. The van der Waals surface area contributed by atoms with E-state index in [1.807, 2.05) is 31.2 Å². The Hall–Kier alpha value is -1.89. The number of nitrogens with zero attached hydrogens (tertiary/aromatic N) is 3. The molecule has 1 aromatic heterocycles. The monoisotopic (exact) mass is 371 g/mol. The lowest BCUT2D eigenvalue weighted by Crippen LogP contribution is -2.39. The van der Waals surface area contributed by atoms with E-state index >= 15 is 0 Å². The van der Waals surface area contributed by atoms with E-state index in [2.05, 4.69) is 14.8 Å². The summed E-state index contributed by atoms with van der Waals surface area (Å²) in [6, 6.07) is 7.91. The summed E-state index contributed by atoms with van der Waals surface area (Å²) in [4.78, 5) is 9.71. The first-order valence-corrected chi connectivity index (χ1v) is 10.0. The van der Waals surface area contributed by atoms with E-state index in [9.17, 15) is 0 Å². The Balaban J connectivity index is 1.29. The molecule has 0 bridgehead atoms. The largest absolute Gasteiger partial charge is 0.494 e. The van der Waals surface area contributed by atoms with Crippen LogP contribution in [0.15, 0.2) is 34.9 Å². The van der Waals surface area contributed by atoms with Gasteiger partial charge in [0.15, 0.2) is 0 Å². The van der Waals surface area contributed by atoms with Crippen LogP contribution in [0, 0.1) is 5.92 Å². The van der Waals surface area contributed by atoms with E-state index < -0.39 is 0 Å². The molecular formula is C21H29N3O3. The van der Waals surface area contributed by atoms with Crippen LogP contribution in [0.2, 0.25) is 0 Å². The van der Waals surface area contributed by atoms with Crippen molar-refractivity contribution >= 4 is 0 Å². The molecule has 27 heavy (non-hydrogen) atoms. The lowest BCUT2D eigenvalue weighted by molar-refractivity contribution is 0.0311. The lowest BCUT2D eigenvalue weighted by Gasteiger charge is -2.29. The number of hydrogen-bond donors (Lipinski definition) is 0. The molecule has 0 amide bonds. The summed E-state index contributed by atoms with van der Waals surface area (Å²) in [6.07, 6.45) is 3.06. The molecule has 6 nitrogen and oxygen atoms in total. The fourth-order valence-electron chi connectivity index (χ4n) is 3.96. The summed E-state index contributed by atoms with van der Waals surface area (Å²) in [5.41, 5.74) is 1.99. The average Bonchev–Trinajstić information content (AvgIpc) is 3.34. The van der Waals surface area contributed by atoms with Gasteiger partial charge in [0.25, 0.3) is 0 Å². The maximum atomic E-state index is 5.71. The van der Waals surface area contributed by atoms with Crippen LogP contribution in [0.25, 0.3) is 11.5 Å². The van der Waals surface area contributed by atoms with Crippen molar-refractivity contribution in [3.05, 3.63) is 36.2 Å². The highest BCUT2D eigenvalue weighted by molar-refractivity contribution is 5.54. The van der Waals surface area contributed by atoms with Crippen LogP contribution < -0.4 is 4.74 Å². The van der Waals surface area contributed by atoms with Gasteiger partial charge in [0.2, 0.25) is 5.89 Å². The third-order valence-corrected chi connectivity index (χ3v) is 5.34. The number of benzene rings is 1. The molecule has 2 fully saturated rings. The molecule has 4 rings (SSSR count). The van der Waals surface area contributed by atoms with Crippen LogP contribution >= 0.6 is 0 Å². The molecule has 2 aromatic rings. The van der Waals surface area contributed by atoms with Crippen LogP contribution in [0.1, 0.15) is 19.0 Å². The third-order valence-electron chi connectivity index (χ3n) is 5.34. The molecular weight excluding hydrogens is 342 g/mol. The Kier molecular flexibility index (Phi) is 6.07. The Labute approximate surface area is 161 Å². The third kappa shape index (κ3) is 4.89. The minimum Gasteiger partial charge on any atom is -0.494 e. The van der Waals surface area contributed by atoms with Crippen LogP contribution in [0.5, 0.6) is 5.75 Å². The normalized spacial score (nSPS) is 21.6. The van der Waals surface area contributed by atoms with Gasteiger partial charge >= 0.3 is 0 Å². The highest BCUT2D eigenvalue weighted by atomic mass is 16.5. The van der Waals surface area contributed by atoms with Crippen LogP contribution in [0.3, 0.4) is 0 Å². The summed E-state index contributed by atoms with van der Waals surface area (Å²) in [7, 11) is 0. The van der Waals surface area contributed by atoms with E-state index in [1.165, 1.54) is 13.0 Å². The molecule has 2 saturated heterocycles. The predicted octanol–water partition coefficient (Wildman–Crippen LogP) is 2.89. The maximum absolute atomic E-state index is 5.71. The summed E-state index contributed by atoms with van der Waals surface area (Å²) in [5.74, 6) is 2.30. The first kappa shape index (κ1) is 18.5. The number of oxazole rings is 1. The highest BCUT2D eigenvalue weighted by Crippen LogP contribution is 2.24. The van der Waals surface area contributed by atoms with Gasteiger partial charge in [-0.25, -0.2) is 4.98 Å². The Morgan fingerprint density at radius 2 is 1.93 bits per heavy atom. The van der Waals surface area contributed by atoms with Gasteiger partial charge in [0, 0.05) is 38.3 Å². The molecule has 0 saturated carbocycles. The van der Waals surface area contributed by atoms with Crippen molar-refractivity contribution in [3.63, 3.8) is 0 Å². The van der Waals surface area contributed by atoms with Crippen molar-refractivity contribution in [1.29, 1.82) is 0 Å². The summed E-state index contributed by atoms with van der Waals surface area (Å²) in [5, 5.41) is 0. The summed E-state index contributed by atoms with van der Waals surface area (Å²) < 4.78 is 16.6. The zero-order valence-electron chi connectivity index (χ0n) is 16.1. The molecule has 6 heteroatoms. The SMILES string of the molecule is CCOc1ccc(-c2nc(CN3CC[C@H](CN4CCOCC4)C3)co2)cc1. The Morgan fingerprint density at radius 1 is 1.11 bits per heavy atom. The van der Waals surface area contributed by atoms with Gasteiger partial charge < -0.3 is 13.9 Å². The zero-order valence-corrected chi connectivity index (χ0v) is 16.1. The second-order valence-corrected chi connectivity index (χ2v) is 7.40. The molecule has 146 valence electrons. The van der Waals surface area contributed by atoms with Crippen LogP contribution in [-0.2, 0) is 11.3 Å². The number of aromatic nitrogens is 1. The highest BCUT2D eigenvalue weighted by Gasteiger charge is 2.25. The number of morpholine rings is 1. The van der Waals surface area contributed by atoms with Crippen molar-refractivity contribution in [2.75, 3.05) is 52.5 Å². The molecule has 0 N–H and O–H groups in total. The quantitative estimate of drug-likeness (QED) is 0.746. The van der Waals surface area contributed by atoms with Gasteiger partial charge in [0.05, 0.1) is 25.5 Å². The van der Waals surface area contributed by atoms with Gasteiger partial charge in [-0.05, 0) is 50.1 Å². The molecule has 2 aliphatic heterocycles. The molecule has 1 atom stereocenters. The Bertz CT molecular complexity index is 710. The fraction of sp³-hybridized carbons (Fsp3) is 0.571. The van der Waals surface area contributed by atoms with Crippen molar-refractivity contribution in [2.24, 2.45) is 5.92 Å². The molecule has 2 aliphatic rings. The topological polar surface area (TPSA) is 51.0 Å². The standard InChI is InChI=1S/C21H29N3O3/c1-2-26-20-5-3-18(4-6-20)21-22-19(16-27-21)15-24-8-7-17(14-24)13-23-9-11-25-12-10-23/h3-6,16-17H,2,7-15H2,1H3/t17-/m1/s1. The zero-order chi connectivity index (χ0) is 18.5. The van der Waals surface area contributed by atoms with E-state index in [0.29, 0.717) is 12.5 Å². The van der Waals surface area contributed by atoms with Crippen molar-refractivity contribution in [1.82, 2.24) is 14.8 Å². The molecule has 0 spiro atoms. The van der Waals surface area contributed by atoms with Gasteiger partial charge in [0.1, 0.15) is 12.0 Å². The van der Waals surface area contributed by atoms with E-state index in [4.69, 9.17) is 13.9 Å². The summed E-state index contributed by atoms with van der Waals surface area (Å²) >= 11 is 0. The minimum absolute atomic E-state index is 0.671. The first-order valence-electron chi connectivity index (χ1n) is 10.0. The number of likely N-dealkylation sites (tertiary alicyclic amines) is 1. The van der Waals surface area contributed by atoms with Gasteiger partial charge in [-0.15, -0.1) is 0 Å². The van der Waals surface area contributed by atoms with Crippen LogP contribution in [0.4, 0.5) is 0 Å². The van der Waals surface area contributed by atoms with E-state index in [0.717, 1.165) is 68.9 Å². The summed E-state index contributed by atoms with van der Waals surface area (Å²) in [6.45, 7) is 10.9. The average molecular weight is 371 g/mol. The molecule has 0 radical (unpaired) electrons. The number of hydrogen-bond acceptors (Lipinski definition) is 6. The fourth-order valence-corrected chi connectivity index (χ4v) is 3.96. The van der Waals surface area contributed by atoms with Gasteiger partial charge in [-0.3, -0.25) is 9.80 Å². The van der Waals surface area contributed by atoms with E-state index in [1.54, 1.807) is 6.26 Å². The molecule has 0 unspecified atom stereocenters. The number of rotatable bonds is 7. The van der Waals surface area contributed by atoms with Crippen molar-refractivity contribution in [3.8, 4) is 17.2 Å². The van der Waals surface area contributed by atoms with E-state index in [-0.39, 0.29) is 0 Å². The molecule has 1 aromatic carbocycles. The van der Waals surface area contributed by atoms with Gasteiger partial charge in [-0.2, -0.15) is 0 Å². The predicted molar refractivity (Wildman–Crippen MR) is 104 cm³/mol. The van der Waals surface area contributed by atoms with Gasteiger partial charge in [-0.1, -0.05) is 0 Å². The molecule has 0 aliphatic carbocycles. The minimum atomic E-state index is 0.671. The van der Waals surface area contributed by atoms with Crippen molar-refractivity contribution in [2.45, 2.75) is 19.9 Å².